The summed E-state index contributed by atoms with van der Waals surface area (Å²) in [6.45, 7) is 0. The quantitative estimate of drug-likeness (QED) is 0.210. The fourth-order valence-electron chi connectivity index (χ4n) is 6.04. The molecule has 3 heteroatoms. The third-order valence-electron chi connectivity index (χ3n) is 7.49. The minimum atomic E-state index is 1.07. The summed E-state index contributed by atoms with van der Waals surface area (Å²) in [6.07, 6.45) is 2.15. The normalized spacial score (nSPS) is 13.1. The van der Waals surface area contributed by atoms with Crippen molar-refractivity contribution in [3.05, 3.63) is 113 Å². The maximum absolute atomic E-state index is 3.79. The van der Waals surface area contributed by atoms with Gasteiger partial charge in [0.25, 0.3) is 0 Å². The molecule has 0 saturated heterocycles. The second-order valence-corrected chi connectivity index (χ2v) is 11.4. The zero-order chi connectivity index (χ0) is 23.1. The van der Waals surface area contributed by atoms with E-state index in [-0.39, 0.29) is 0 Å². The van der Waals surface area contributed by atoms with Crippen LogP contribution in [-0.2, 0) is 12.8 Å². The average molecular weight is 530 g/mol. The summed E-state index contributed by atoms with van der Waals surface area (Å²) in [5.41, 5.74) is 9.35. The molecule has 35 heavy (non-hydrogen) atoms. The van der Waals surface area contributed by atoms with Gasteiger partial charge in [-0.05, 0) is 71.5 Å². The highest BCUT2D eigenvalue weighted by atomic mass is 79.9. The van der Waals surface area contributed by atoms with Gasteiger partial charge in [-0.15, -0.1) is 11.3 Å². The summed E-state index contributed by atoms with van der Waals surface area (Å²) >= 11 is 5.70. The van der Waals surface area contributed by atoms with Crippen LogP contribution in [0.2, 0.25) is 0 Å². The summed E-state index contributed by atoms with van der Waals surface area (Å²) in [6, 6.07) is 35.8. The number of aromatic nitrogens is 1. The van der Waals surface area contributed by atoms with Gasteiger partial charge in [0.05, 0.1) is 11.0 Å². The maximum Gasteiger partial charge on any atom is 0.0555 e. The van der Waals surface area contributed by atoms with E-state index >= 15 is 0 Å². The molecule has 2 aromatic heterocycles. The van der Waals surface area contributed by atoms with E-state index < -0.39 is 0 Å². The van der Waals surface area contributed by atoms with Crippen molar-refractivity contribution < 1.29 is 0 Å². The molecule has 0 fully saturated rings. The fraction of sp³-hybridized carbons (Fsp3) is 0.0625. The summed E-state index contributed by atoms with van der Waals surface area (Å²) in [4.78, 5) is 0. The largest absolute Gasteiger partial charge is 0.309 e. The van der Waals surface area contributed by atoms with Crippen LogP contribution in [0.15, 0.2) is 102 Å². The van der Waals surface area contributed by atoms with Crippen LogP contribution in [0, 0.1) is 0 Å². The number of para-hydroxylation sites is 1. The Morgan fingerprint density at radius 3 is 2.23 bits per heavy atom. The number of fused-ring (bicyclic) bond motifs is 3. The van der Waals surface area contributed by atoms with Gasteiger partial charge in [-0.1, -0.05) is 76.6 Å². The predicted octanol–water partition coefficient (Wildman–Crippen LogP) is 9.68. The number of halogens is 1. The lowest BCUT2D eigenvalue weighted by molar-refractivity contribution is 0.969. The summed E-state index contributed by atoms with van der Waals surface area (Å²) in [5, 5.41) is 5.54. The third-order valence-corrected chi connectivity index (χ3v) is 9.17. The molecule has 5 aromatic carbocycles. The first-order valence-corrected chi connectivity index (χ1v) is 13.6. The van der Waals surface area contributed by atoms with Crippen LogP contribution >= 0.6 is 27.3 Å². The van der Waals surface area contributed by atoms with Crippen molar-refractivity contribution in [1.29, 1.82) is 0 Å². The molecule has 0 amide bonds. The summed E-state index contributed by atoms with van der Waals surface area (Å²) < 4.78 is 6.34. The Labute approximate surface area is 215 Å². The molecular formula is C32H20BrNS. The van der Waals surface area contributed by atoms with Gasteiger partial charge < -0.3 is 4.57 Å². The standard InChI is InChI=1S/C32H20BrNS/c33-22-16-20-14-13-19-15-21(24-10-6-11-26-25-9-4-5-12-29(25)35-32(24)26)17-27-30(19)31(20)28(18-22)34(27)23-7-2-1-3-8-23/h1-12,15-18H,13-14H2. The molecular weight excluding hydrogens is 510 g/mol. The van der Waals surface area contributed by atoms with Gasteiger partial charge in [-0.3, -0.25) is 0 Å². The lowest BCUT2D eigenvalue weighted by Gasteiger charge is -2.15. The molecule has 0 bridgehead atoms. The van der Waals surface area contributed by atoms with Crippen molar-refractivity contribution in [2.45, 2.75) is 12.8 Å². The molecule has 1 aliphatic rings. The molecule has 0 N–H and O–H groups in total. The number of rotatable bonds is 2. The highest BCUT2D eigenvalue weighted by Crippen LogP contribution is 2.45. The van der Waals surface area contributed by atoms with Crippen LogP contribution in [0.1, 0.15) is 11.1 Å². The van der Waals surface area contributed by atoms with Crippen LogP contribution in [0.4, 0.5) is 0 Å². The van der Waals surface area contributed by atoms with Crippen LogP contribution in [-0.4, -0.2) is 4.57 Å². The van der Waals surface area contributed by atoms with E-state index in [9.17, 15) is 0 Å². The highest BCUT2D eigenvalue weighted by Gasteiger charge is 2.23. The number of hydrogen-bond donors (Lipinski definition) is 0. The molecule has 2 heterocycles. The van der Waals surface area contributed by atoms with E-state index in [1.807, 2.05) is 11.3 Å². The van der Waals surface area contributed by atoms with Crippen molar-refractivity contribution >= 4 is 69.2 Å². The molecule has 0 aliphatic heterocycles. The number of benzene rings is 5. The minimum absolute atomic E-state index is 1.07. The van der Waals surface area contributed by atoms with E-state index in [0.717, 1.165) is 17.3 Å². The lowest BCUT2D eigenvalue weighted by Crippen LogP contribution is -1.99. The maximum atomic E-state index is 3.79. The first-order valence-electron chi connectivity index (χ1n) is 12.0. The second kappa shape index (κ2) is 7.30. The Balaban J connectivity index is 1.52. The SMILES string of the molecule is Brc1cc2c3c4c(cc(-c5cccc6c5sc5ccccc56)cc4n(-c4ccccc4)c3c1)CC2. The van der Waals surface area contributed by atoms with Crippen LogP contribution in [0.25, 0.3) is 58.8 Å². The lowest BCUT2D eigenvalue weighted by atomic mass is 9.89. The van der Waals surface area contributed by atoms with Gasteiger partial charge in [0.2, 0.25) is 0 Å². The van der Waals surface area contributed by atoms with Gasteiger partial charge in [-0.25, -0.2) is 0 Å². The molecule has 0 saturated carbocycles. The van der Waals surface area contributed by atoms with E-state index in [1.165, 1.54) is 69.9 Å². The Kier molecular flexibility index (Phi) is 4.14. The number of aryl methyl sites for hydroxylation is 2. The van der Waals surface area contributed by atoms with Gasteiger partial charge in [0.15, 0.2) is 0 Å². The van der Waals surface area contributed by atoms with E-state index in [2.05, 4.69) is 118 Å². The number of thiophene rings is 1. The van der Waals surface area contributed by atoms with Crippen LogP contribution < -0.4 is 0 Å². The summed E-state index contributed by atoms with van der Waals surface area (Å²) in [5.74, 6) is 0. The fourth-order valence-corrected chi connectivity index (χ4v) is 7.77. The van der Waals surface area contributed by atoms with Gasteiger partial charge >= 0.3 is 0 Å². The van der Waals surface area contributed by atoms with E-state index in [4.69, 9.17) is 0 Å². The molecule has 8 rings (SSSR count). The van der Waals surface area contributed by atoms with E-state index in [0.29, 0.717) is 0 Å². The number of hydrogen-bond acceptors (Lipinski definition) is 1. The topological polar surface area (TPSA) is 4.93 Å². The molecule has 0 unspecified atom stereocenters. The van der Waals surface area contributed by atoms with Gasteiger partial charge in [0, 0.05) is 41.1 Å². The monoisotopic (exact) mass is 529 g/mol. The first kappa shape index (κ1) is 19.9. The van der Waals surface area contributed by atoms with E-state index in [1.54, 1.807) is 0 Å². The van der Waals surface area contributed by atoms with Crippen molar-refractivity contribution in [3.8, 4) is 16.8 Å². The first-order chi connectivity index (χ1) is 17.3. The second-order valence-electron chi connectivity index (χ2n) is 9.44. The van der Waals surface area contributed by atoms with Crippen molar-refractivity contribution in [3.63, 3.8) is 0 Å². The highest BCUT2D eigenvalue weighted by molar-refractivity contribution is 9.10. The Morgan fingerprint density at radius 2 is 1.37 bits per heavy atom. The molecule has 1 nitrogen and oxygen atoms in total. The zero-order valence-corrected chi connectivity index (χ0v) is 21.3. The summed E-state index contributed by atoms with van der Waals surface area (Å²) in [7, 11) is 0. The third kappa shape index (κ3) is 2.80. The average Bonchev–Trinajstić information content (AvgIpc) is 3.43. The molecule has 1 aliphatic carbocycles. The van der Waals surface area contributed by atoms with Crippen LogP contribution in [0.5, 0.6) is 0 Å². The van der Waals surface area contributed by atoms with Crippen molar-refractivity contribution in [2.75, 3.05) is 0 Å². The Hall–Kier alpha value is -3.40. The Morgan fingerprint density at radius 1 is 0.657 bits per heavy atom. The molecule has 0 spiro atoms. The number of nitrogens with zero attached hydrogens (tertiary/aromatic N) is 1. The van der Waals surface area contributed by atoms with Gasteiger partial charge in [-0.2, -0.15) is 0 Å². The van der Waals surface area contributed by atoms with Gasteiger partial charge in [0.1, 0.15) is 0 Å². The molecule has 166 valence electrons. The zero-order valence-electron chi connectivity index (χ0n) is 18.9. The molecule has 7 aromatic rings. The Bertz CT molecular complexity index is 1960. The molecule has 0 atom stereocenters. The van der Waals surface area contributed by atoms with Crippen LogP contribution in [0.3, 0.4) is 0 Å². The van der Waals surface area contributed by atoms with Crippen molar-refractivity contribution in [1.82, 2.24) is 4.57 Å². The predicted molar refractivity (Wildman–Crippen MR) is 154 cm³/mol. The smallest absolute Gasteiger partial charge is 0.0555 e. The molecule has 0 radical (unpaired) electrons. The minimum Gasteiger partial charge on any atom is -0.309 e. The van der Waals surface area contributed by atoms with Crippen molar-refractivity contribution in [2.24, 2.45) is 0 Å².